The second-order valence-corrected chi connectivity index (χ2v) is 28.0. The summed E-state index contributed by atoms with van der Waals surface area (Å²) in [5.74, 6) is 0.666. The van der Waals surface area contributed by atoms with Crippen LogP contribution in [0.4, 0.5) is 22.7 Å². The minimum absolute atomic E-state index is 0.000438. The van der Waals surface area contributed by atoms with Gasteiger partial charge in [0.1, 0.15) is 17.2 Å². The first-order chi connectivity index (χ1) is 48.8. The standard InChI is InChI=1S/C23H16Cl2N2O3.C15H10Cl2N2O.C13H8Cl2N2O3.C13H10Cl2N2O.C8H8O3.2ClH.Sn/c1-30-20-8-4-5-14(22(20)28)9-12-21-26-19-7-3-2-6-16(19)23(29)27(21)15-10-11-17(24)18(25)13-15;1-9-18-14-5-3-2-4-11(14)15(20)19(9)10-6-7-12(16)13(17)8-10;14-10-6-5-8(7-11(10)15)16-13(18)9-3-1-2-4-12(9)17(19)20;14-10-6-5-8(7-11(10)15)17-13(18)9-3-1-2-4-12(9)16;1-11-7-4-2-3-6(5-9)8(7)10;;;/h2-13,28H,1H3;2-8H,1H3;1-7H,(H,16,18);1-7H,16H2,(H,17,18);2-5,10H,1H3;2*1H;/q;;;;;;;+2/p-2/b12-9+;;;;;;;. The number of anilines is 3. The van der Waals surface area contributed by atoms with Gasteiger partial charge in [0.2, 0.25) is 0 Å². The van der Waals surface area contributed by atoms with Gasteiger partial charge in [-0.15, -0.1) is 0 Å². The summed E-state index contributed by atoms with van der Waals surface area (Å²) < 4.78 is 12.9. The molecule has 30 heteroatoms. The molecule has 102 heavy (non-hydrogen) atoms. The van der Waals surface area contributed by atoms with Crippen LogP contribution in [0, 0.1) is 17.0 Å². The molecule has 2 amide bonds. The molecule has 0 bridgehead atoms. The van der Waals surface area contributed by atoms with Gasteiger partial charge in [0.15, 0.2) is 29.3 Å². The van der Waals surface area contributed by atoms with Crippen LogP contribution in [0.1, 0.15) is 48.3 Å². The number of carbonyl (C=O) groups excluding carboxylic acids is 3. The Morgan fingerprint density at radius 3 is 1.41 bits per heavy atom. The van der Waals surface area contributed by atoms with E-state index in [0.717, 1.165) is 0 Å². The summed E-state index contributed by atoms with van der Waals surface area (Å²) in [6, 6.07) is 56.2. The number of hydrogen-bond donors (Lipinski definition) is 5. The number of ether oxygens (including phenoxy) is 2. The number of carbonyl (C=O) groups is 3. The molecular formula is C72H52Cl10N8O11Sn. The van der Waals surface area contributed by atoms with E-state index in [1.807, 2.05) is 24.3 Å². The number of para-hydroxylation sites is 6. The Balaban J connectivity index is 0.000000182. The summed E-state index contributed by atoms with van der Waals surface area (Å²) in [5.41, 5.74) is 10.1. The molecule has 520 valence electrons. The summed E-state index contributed by atoms with van der Waals surface area (Å²) in [7, 11) is 12.8. The normalized spacial score (nSPS) is 10.4. The van der Waals surface area contributed by atoms with E-state index < -0.39 is 29.7 Å². The molecule has 0 aliphatic heterocycles. The molecule has 0 aliphatic carbocycles. The first-order valence-electron chi connectivity index (χ1n) is 29.2. The number of aromatic nitrogens is 4. The molecule has 0 unspecified atom stereocenters. The number of halogens is 10. The van der Waals surface area contributed by atoms with Gasteiger partial charge < -0.3 is 36.1 Å². The molecule has 2 aromatic heterocycles. The number of nitrogen functional groups attached to an aromatic ring is 1. The van der Waals surface area contributed by atoms with E-state index >= 15 is 0 Å². The predicted octanol–water partition coefficient (Wildman–Crippen LogP) is 19.8. The molecule has 0 saturated carbocycles. The van der Waals surface area contributed by atoms with Crippen LogP contribution in [0.3, 0.4) is 0 Å². The zero-order valence-electron chi connectivity index (χ0n) is 53.0. The SMILES string of the molecule is COc1cccc(/C=C/c2nc3ccccc3c(=O)n2-c2ccc(Cl)c(Cl)c2)c1O.COc1cccc(C=O)c1O.Cc1nc2ccccc2c(=O)n1-c1ccc(Cl)c(Cl)c1.Nc1ccccc1C(=O)Nc1ccc(Cl)c(Cl)c1.O=C(Nc1ccc(Cl)c(Cl)c1)c1ccccc1[N+](=O)[O-].[Cl][Sn][Cl]. The fourth-order valence-corrected chi connectivity index (χ4v) is 10.4. The van der Waals surface area contributed by atoms with Crippen molar-refractivity contribution in [2.75, 3.05) is 30.6 Å². The predicted molar refractivity (Wildman–Crippen MR) is 413 cm³/mol. The van der Waals surface area contributed by atoms with Crippen LogP contribution in [-0.2, 0) is 0 Å². The number of hydrogen-bond acceptors (Lipinski definition) is 14. The number of amides is 2. The first kappa shape index (κ1) is 80.2. The maximum atomic E-state index is 13.3. The van der Waals surface area contributed by atoms with Crippen LogP contribution >= 0.6 is 111 Å². The van der Waals surface area contributed by atoms with E-state index in [9.17, 15) is 44.3 Å². The van der Waals surface area contributed by atoms with Gasteiger partial charge in [0, 0.05) is 28.7 Å². The van der Waals surface area contributed by atoms with Crippen molar-refractivity contribution in [2.24, 2.45) is 0 Å². The molecule has 0 fully saturated rings. The number of nitro benzene ring substituents is 1. The number of phenols is 2. The van der Waals surface area contributed by atoms with Crippen molar-refractivity contribution in [2.45, 2.75) is 6.92 Å². The van der Waals surface area contributed by atoms with Gasteiger partial charge in [-0.05, 0) is 153 Å². The van der Waals surface area contributed by atoms with E-state index in [2.05, 4.69) is 20.6 Å². The third-order valence-electron chi connectivity index (χ3n) is 14.0. The fourth-order valence-electron chi connectivity index (χ4n) is 9.18. The van der Waals surface area contributed by atoms with E-state index in [1.54, 1.807) is 165 Å². The summed E-state index contributed by atoms with van der Waals surface area (Å²) >= 11 is 46.6. The Morgan fingerprint density at radius 1 is 0.520 bits per heavy atom. The maximum absolute atomic E-state index is 13.3. The van der Waals surface area contributed by atoms with Crippen LogP contribution in [0.5, 0.6) is 23.0 Å². The number of aldehydes is 1. The molecule has 0 atom stereocenters. The average molecular weight is 1680 g/mol. The summed E-state index contributed by atoms with van der Waals surface area (Å²) in [6.45, 7) is 1.79. The van der Waals surface area contributed by atoms with Gasteiger partial charge in [0.05, 0.1) is 104 Å². The van der Waals surface area contributed by atoms with E-state index in [-0.39, 0.29) is 50.4 Å². The van der Waals surface area contributed by atoms with Gasteiger partial charge in [-0.3, -0.25) is 43.2 Å². The summed E-state index contributed by atoms with van der Waals surface area (Å²) in [4.78, 5) is 79.5. The Morgan fingerprint density at radius 2 is 0.931 bits per heavy atom. The topological polar surface area (TPSA) is 273 Å². The number of aryl methyl sites for hydroxylation is 1. The molecular weight excluding hydrogens is 1630 g/mol. The van der Waals surface area contributed by atoms with Gasteiger partial charge in [-0.1, -0.05) is 160 Å². The van der Waals surface area contributed by atoms with Crippen molar-refractivity contribution >= 4 is 204 Å². The Kier molecular flexibility index (Phi) is 30.5. The number of nitrogens with two attached hydrogens (primary N) is 1. The zero-order chi connectivity index (χ0) is 74.3. The van der Waals surface area contributed by atoms with E-state index in [4.69, 9.17) is 126 Å². The number of aromatic hydroxyl groups is 2. The van der Waals surface area contributed by atoms with Crippen LogP contribution in [-0.4, -0.2) is 85.4 Å². The molecule has 6 N–H and O–H groups in total. The fraction of sp³-hybridized carbons (Fsp3) is 0.0417. The molecule has 0 saturated heterocycles. The first-order valence-corrected chi connectivity index (χ1v) is 39.4. The van der Waals surface area contributed by atoms with Crippen molar-refractivity contribution in [1.82, 2.24) is 19.1 Å². The van der Waals surface area contributed by atoms with Crippen molar-refractivity contribution in [3.05, 3.63) is 311 Å². The monoisotopic (exact) mass is 1670 g/mol. The number of nitrogens with one attached hydrogen (secondary N) is 2. The van der Waals surface area contributed by atoms with Crippen molar-refractivity contribution in [3.63, 3.8) is 0 Å². The van der Waals surface area contributed by atoms with Crippen LogP contribution in [0.15, 0.2) is 216 Å². The molecule has 12 aromatic rings. The molecule has 2 radical (unpaired) electrons. The van der Waals surface area contributed by atoms with Crippen molar-refractivity contribution in [3.8, 4) is 34.4 Å². The Bertz CT molecular complexity index is 5230. The number of phenolic OH excluding ortho intramolecular Hbond substituents is 2. The molecule has 2 heterocycles. The third kappa shape index (κ3) is 21.3. The molecule has 19 nitrogen and oxygen atoms in total. The molecule has 10 aromatic carbocycles. The van der Waals surface area contributed by atoms with Crippen molar-refractivity contribution in [1.29, 1.82) is 0 Å². The van der Waals surface area contributed by atoms with Gasteiger partial charge >= 0.3 is 36.7 Å². The number of benzene rings is 10. The second kappa shape index (κ2) is 38.8. The quantitative estimate of drug-likeness (QED) is 0.0250. The molecule has 12 rings (SSSR count). The Hall–Kier alpha value is -9.07. The van der Waals surface area contributed by atoms with E-state index in [0.29, 0.717) is 126 Å². The minimum atomic E-state index is -0.826. The Labute approximate surface area is 639 Å². The number of fused-ring (bicyclic) bond motifs is 2. The van der Waals surface area contributed by atoms with Crippen molar-refractivity contribution < 1.29 is 39.0 Å². The molecule has 0 aliphatic rings. The average Bonchev–Trinajstić information content (AvgIpc) is 0.778. The van der Waals surface area contributed by atoms with E-state index in [1.165, 1.54) is 59.8 Å². The zero-order valence-corrected chi connectivity index (χ0v) is 63.4. The number of nitrogens with zero attached hydrogens (tertiary/aromatic N) is 5. The number of nitro groups is 1. The summed E-state index contributed by atoms with van der Waals surface area (Å²) in [5, 5.41) is 39.8. The second-order valence-electron chi connectivity index (χ2n) is 20.5. The third-order valence-corrected chi connectivity index (χ3v) is 17.0. The van der Waals surface area contributed by atoms with Gasteiger partial charge in [0.25, 0.3) is 28.6 Å². The summed E-state index contributed by atoms with van der Waals surface area (Å²) in [6.07, 6.45) is 3.91. The number of methoxy groups -OCH3 is 2. The van der Waals surface area contributed by atoms with Crippen LogP contribution in [0.2, 0.25) is 40.2 Å². The van der Waals surface area contributed by atoms with Crippen LogP contribution < -0.4 is 37.0 Å². The number of rotatable bonds is 12. The van der Waals surface area contributed by atoms with Crippen LogP contribution in [0.25, 0.3) is 45.3 Å². The van der Waals surface area contributed by atoms with Gasteiger partial charge in [-0.25, -0.2) is 9.97 Å². The molecule has 0 spiro atoms. The van der Waals surface area contributed by atoms with Gasteiger partial charge in [-0.2, -0.15) is 0 Å².